The fourth-order valence-electron chi connectivity index (χ4n) is 4.33. The normalized spacial score (nSPS) is 23.0. The van der Waals surface area contributed by atoms with Crippen molar-refractivity contribution in [2.24, 2.45) is 0 Å². The molecule has 8 heteroatoms. The van der Waals surface area contributed by atoms with Gasteiger partial charge in [0, 0.05) is 59.8 Å². The molecule has 1 fully saturated rings. The van der Waals surface area contributed by atoms with Crippen molar-refractivity contribution in [3.8, 4) is 0 Å². The van der Waals surface area contributed by atoms with E-state index in [4.69, 9.17) is 27.9 Å². The Bertz CT molecular complexity index is 994. The lowest BCUT2D eigenvalue weighted by Crippen LogP contribution is -2.50. The van der Waals surface area contributed by atoms with Crippen molar-refractivity contribution in [1.29, 1.82) is 0 Å². The zero-order valence-electron chi connectivity index (χ0n) is 16.2. The molecule has 0 spiro atoms. The lowest BCUT2D eigenvalue weighted by molar-refractivity contribution is -0.134. The second kappa shape index (κ2) is 8.25. The van der Waals surface area contributed by atoms with Crippen LogP contribution in [0.2, 0.25) is 10.0 Å². The van der Waals surface area contributed by atoms with Crippen LogP contribution in [0.15, 0.2) is 36.5 Å². The van der Waals surface area contributed by atoms with E-state index in [9.17, 15) is 9.59 Å². The summed E-state index contributed by atoms with van der Waals surface area (Å²) in [6.07, 6.45) is 2.43. The predicted molar refractivity (Wildman–Crippen MR) is 112 cm³/mol. The summed E-state index contributed by atoms with van der Waals surface area (Å²) < 4.78 is 21.4. The van der Waals surface area contributed by atoms with E-state index in [1.165, 1.54) is 18.3 Å². The maximum absolute atomic E-state index is 15.9. The van der Waals surface area contributed by atoms with Crippen LogP contribution in [0.3, 0.4) is 0 Å². The quantitative estimate of drug-likeness (QED) is 0.749. The molecule has 1 aromatic heterocycles. The molecule has 1 saturated heterocycles. The molecule has 30 heavy (non-hydrogen) atoms. The summed E-state index contributed by atoms with van der Waals surface area (Å²) in [7, 11) is 0. The van der Waals surface area contributed by atoms with E-state index in [2.05, 4.69) is 10.3 Å². The average molecular weight is 451 g/mol. The van der Waals surface area contributed by atoms with Crippen LogP contribution in [-0.4, -0.2) is 36.4 Å². The van der Waals surface area contributed by atoms with Crippen molar-refractivity contribution in [3.05, 3.63) is 63.4 Å². The summed E-state index contributed by atoms with van der Waals surface area (Å²) in [4.78, 5) is 29.1. The van der Waals surface area contributed by atoms with Crippen LogP contribution in [0.1, 0.15) is 47.3 Å². The van der Waals surface area contributed by atoms with E-state index in [1.807, 2.05) is 6.07 Å². The molecule has 0 radical (unpaired) electrons. The first-order chi connectivity index (χ1) is 14.4. The molecule has 1 amide bonds. The Labute approximate surface area is 183 Å². The van der Waals surface area contributed by atoms with E-state index in [-0.39, 0.29) is 36.4 Å². The predicted octanol–water partition coefficient (Wildman–Crippen LogP) is 4.39. The van der Waals surface area contributed by atoms with Gasteiger partial charge in [0.15, 0.2) is 5.78 Å². The number of carbonyl (C=O) groups excluding carboxylic acids is 2. The van der Waals surface area contributed by atoms with E-state index in [1.54, 1.807) is 12.1 Å². The maximum Gasteiger partial charge on any atom is 0.262 e. The molecular formula is C22H21Cl2FN2O3. The number of ether oxygens (including phenoxy) is 1. The average Bonchev–Trinajstić information content (AvgIpc) is 2.75. The number of pyridine rings is 1. The minimum absolute atomic E-state index is 0.0305. The molecule has 1 aromatic carbocycles. The van der Waals surface area contributed by atoms with Crippen LogP contribution >= 0.6 is 23.2 Å². The Morgan fingerprint density at radius 1 is 1.17 bits per heavy atom. The molecule has 5 nitrogen and oxygen atoms in total. The lowest BCUT2D eigenvalue weighted by Gasteiger charge is -2.39. The van der Waals surface area contributed by atoms with Crippen molar-refractivity contribution >= 4 is 34.9 Å². The number of amides is 1. The van der Waals surface area contributed by atoms with Crippen LogP contribution in [-0.2, 0) is 20.6 Å². The Morgan fingerprint density at radius 2 is 1.93 bits per heavy atom. The lowest BCUT2D eigenvalue weighted by atomic mass is 9.73. The van der Waals surface area contributed by atoms with Crippen LogP contribution in [0.4, 0.5) is 4.39 Å². The highest BCUT2D eigenvalue weighted by Gasteiger charge is 2.48. The zero-order valence-corrected chi connectivity index (χ0v) is 17.7. The van der Waals surface area contributed by atoms with Crippen molar-refractivity contribution in [2.75, 3.05) is 19.8 Å². The number of aromatic nitrogens is 1. The van der Waals surface area contributed by atoms with Gasteiger partial charge in [-0.25, -0.2) is 4.39 Å². The number of alkyl halides is 1. The number of fused-ring (bicyclic) bond motifs is 1. The fourth-order valence-corrected chi connectivity index (χ4v) is 4.94. The van der Waals surface area contributed by atoms with Gasteiger partial charge in [0.25, 0.3) is 5.91 Å². The molecule has 0 bridgehead atoms. The highest BCUT2D eigenvalue weighted by Crippen LogP contribution is 2.41. The van der Waals surface area contributed by atoms with Gasteiger partial charge in [-0.1, -0.05) is 35.3 Å². The van der Waals surface area contributed by atoms with Gasteiger partial charge in [-0.3, -0.25) is 14.6 Å². The Kier molecular flexibility index (Phi) is 5.84. The molecule has 4 rings (SSSR count). The number of rotatable bonds is 4. The van der Waals surface area contributed by atoms with Gasteiger partial charge in [0.2, 0.25) is 5.67 Å². The summed E-state index contributed by atoms with van der Waals surface area (Å²) in [6, 6.07) is 8.27. The number of carbonyl (C=O) groups is 2. The van der Waals surface area contributed by atoms with Crippen LogP contribution in [0.25, 0.3) is 0 Å². The fraction of sp³-hybridized carbons (Fsp3) is 0.409. The monoisotopic (exact) mass is 450 g/mol. The van der Waals surface area contributed by atoms with E-state index in [0.717, 1.165) is 5.56 Å². The van der Waals surface area contributed by atoms with E-state index < -0.39 is 17.0 Å². The maximum atomic E-state index is 15.9. The first-order valence-electron chi connectivity index (χ1n) is 9.85. The van der Waals surface area contributed by atoms with Crippen molar-refractivity contribution in [3.63, 3.8) is 0 Å². The molecule has 2 aromatic rings. The van der Waals surface area contributed by atoms with Gasteiger partial charge in [0.05, 0.1) is 0 Å². The smallest absolute Gasteiger partial charge is 0.262 e. The minimum Gasteiger partial charge on any atom is -0.381 e. The third-order valence-electron chi connectivity index (χ3n) is 6.09. The molecule has 1 aliphatic heterocycles. The number of ketones is 1. The standard InChI is InChI=1S/C22H21Cl2FN2O3/c23-14-3-4-15(17(24)12-14)21(7-10-30-11-8-21)13-27-20(29)22(25)6-5-18(28)19-16(22)2-1-9-26-19/h1-4,9,12H,5-8,10-11,13H2,(H,27,29)/t22-/m0/s1. The number of hydrogen-bond acceptors (Lipinski definition) is 4. The highest BCUT2D eigenvalue weighted by molar-refractivity contribution is 6.35. The number of Topliss-reactive ketones (excluding diaryl/α,β-unsaturated/α-hetero) is 1. The molecule has 1 atom stereocenters. The van der Waals surface area contributed by atoms with Crippen LogP contribution in [0, 0.1) is 0 Å². The van der Waals surface area contributed by atoms with Crippen molar-refractivity contribution in [2.45, 2.75) is 36.8 Å². The highest BCUT2D eigenvalue weighted by atomic mass is 35.5. The summed E-state index contributed by atoms with van der Waals surface area (Å²) in [5, 5.41) is 3.83. The minimum atomic E-state index is -2.30. The first kappa shape index (κ1) is 21.2. The second-order valence-electron chi connectivity index (χ2n) is 7.82. The number of halogens is 3. The van der Waals surface area contributed by atoms with Crippen molar-refractivity contribution < 1.29 is 18.7 Å². The third kappa shape index (κ3) is 3.72. The van der Waals surface area contributed by atoms with Crippen LogP contribution in [0.5, 0.6) is 0 Å². The number of nitrogens with zero attached hydrogens (tertiary/aromatic N) is 1. The molecule has 2 aliphatic rings. The van der Waals surface area contributed by atoms with Gasteiger partial charge in [-0.05, 0) is 36.6 Å². The first-order valence-corrected chi connectivity index (χ1v) is 10.6. The summed E-state index contributed by atoms with van der Waals surface area (Å²) in [6.45, 7) is 1.22. The molecule has 1 aliphatic carbocycles. The number of hydrogen-bond donors (Lipinski definition) is 1. The Morgan fingerprint density at radius 3 is 2.67 bits per heavy atom. The van der Waals surface area contributed by atoms with Gasteiger partial charge in [-0.15, -0.1) is 0 Å². The number of nitrogens with one attached hydrogen (secondary N) is 1. The Hall–Kier alpha value is -2.02. The second-order valence-corrected chi connectivity index (χ2v) is 8.67. The van der Waals surface area contributed by atoms with Crippen LogP contribution < -0.4 is 5.32 Å². The largest absolute Gasteiger partial charge is 0.381 e. The van der Waals surface area contributed by atoms with Gasteiger partial charge in [-0.2, -0.15) is 0 Å². The number of benzene rings is 1. The van der Waals surface area contributed by atoms with E-state index in [0.29, 0.717) is 36.1 Å². The Balaban J connectivity index is 1.61. The molecular weight excluding hydrogens is 430 g/mol. The van der Waals surface area contributed by atoms with Gasteiger partial charge in [0.1, 0.15) is 5.69 Å². The van der Waals surface area contributed by atoms with Gasteiger partial charge >= 0.3 is 0 Å². The molecule has 158 valence electrons. The molecule has 0 saturated carbocycles. The molecule has 0 unspecified atom stereocenters. The zero-order chi connectivity index (χ0) is 21.4. The van der Waals surface area contributed by atoms with E-state index >= 15 is 4.39 Å². The summed E-state index contributed by atoms with van der Waals surface area (Å²) >= 11 is 12.5. The SMILES string of the molecule is O=C1CC[C@@](F)(C(=O)NCC2(c3ccc(Cl)cc3Cl)CCOCC2)c2cccnc21. The third-order valence-corrected chi connectivity index (χ3v) is 6.64. The van der Waals surface area contributed by atoms with Gasteiger partial charge < -0.3 is 10.1 Å². The topological polar surface area (TPSA) is 68.3 Å². The van der Waals surface area contributed by atoms with Crippen molar-refractivity contribution in [1.82, 2.24) is 10.3 Å². The molecule has 2 heterocycles. The summed E-state index contributed by atoms with van der Waals surface area (Å²) in [5.41, 5.74) is -1.87. The summed E-state index contributed by atoms with van der Waals surface area (Å²) in [5.74, 6) is -1.01. The molecule has 1 N–H and O–H groups in total.